The van der Waals surface area contributed by atoms with Crippen LogP contribution in [0.25, 0.3) is 130 Å². The van der Waals surface area contributed by atoms with E-state index in [9.17, 15) is 38.4 Å². The number of H-pyrrole nitrogens is 1. The summed E-state index contributed by atoms with van der Waals surface area (Å²) in [6, 6.07) is 83.2. The molecule has 0 spiro atoms. The van der Waals surface area contributed by atoms with Gasteiger partial charge in [-0.05, 0) is 196 Å². The number of pyridine rings is 8. The highest BCUT2D eigenvalue weighted by atomic mass is 16.2. The van der Waals surface area contributed by atoms with Gasteiger partial charge in [0.2, 0.25) is 33.9 Å². The fraction of sp³-hybridized carbons (Fsp3) is 0.138. The van der Waals surface area contributed by atoms with Crippen molar-refractivity contribution in [3.05, 3.63) is 491 Å². The third-order valence-corrected chi connectivity index (χ3v) is 24.9. The fourth-order valence-corrected chi connectivity index (χ4v) is 17.7. The van der Waals surface area contributed by atoms with Crippen LogP contribution in [-0.2, 0) is 21.1 Å². The van der Waals surface area contributed by atoms with E-state index in [4.69, 9.17) is 26.3 Å². The molecule has 0 saturated heterocycles. The van der Waals surface area contributed by atoms with Crippen LogP contribution in [0.5, 0.6) is 0 Å². The largest absolute Gasteiger partial charge is 0.371 e. The molecule has 0 amide bonds. The van der Waals surface area contributed by atoms with E-state index in [-0.39, 0.29) is 76.1 Å². The molecule has 0 bridgehead atoms. The zero-order valence-corrected chi connectivity index (χ0v) is 81.6. The highest BCUT2D eigenvalue weighted by Crippen LogP contribution is 2.39. The number of para-hydroxylation sites is 4. The lowest BCUT2D eigenvalue weighted by Gasteiger charge is -2.22. The molecule has 12 aromatic heterocycles. The summed E-state index contributed by atoms with van der Waals surface area (Å²) in [7, 11) is 5.08. The van der Waals surface area contributed by atoms with Gasteiger partial charge >= 0.3 is 0 Å². The summed E-state index contributed by atoms with van der Waals surface area (Å²) in [6.45, 7) is 44.7. The van der Waals surface area contributed by atoms with E-state index >= 15 is 0 Å². The van der Waals surface area contributed by atoms with Crippen LogP contribution in [0.3, 0.4) is 0 Å². The Labute approximate surface area is 848 Å². The molecule has 0 aliphatic heterocycles. The molecule has 20 rings (SSSR count). The SMILES string of the molecule is C.[C-]#[N+]c1cnc(C)nc1N[C@@H](C)c1cc2cccc(-c3ccc(=O)n(C)c3)c2c(=O)n1-c1ccccc1.[C-]#[N+]c1cnc(C)nc1N[C@@H](C)c1cc2cccc(-c3cccc(=O)[nH]3)c2c(=O)n1-c1ccccc1.[C-]#[N+]c1cnc(C)nc1N[C@@H](C)c1cc2cccc(-c3cccc(=O)n3C)c2c(=O)n1-c1ccccc1.[C-]#[N+]c1cnc(C)nc1N[C@@H](C)c1cc2cccc(-c3ccn(C)c(=O)c3)c2c(=O)n1-c1ccccc1. The first-order chi connectivity index (χ1) is 71.1. The predicted molar refractivity (Wildman–Crippen MR) is 583 cm³/mol. The molecule has 12 heterocycles. The van der Waals surface area contributed by atoms with E-state index in [1.807, 2.05) is 258 Å². The molecule has 20 aromatic rings. The molecule has 8 aromatic carbocycles. The number of nitrogens with zero attached hydrogens (tertiary/aromatic N) is 19. The van der Waals surface area contributed by atoms with Crippen molar-refractivity contribution in [2.24, 2.45) is 21.1 Å². The summed E-state index contributed by atoms with van der Waals surface area (Å²) in [6.07, 6.45) is 9.41. The number of hydrogen-bond donors (Lipinski definition) is 5. The Hall–Kier alpha value is -20.1. The van der Waals surface area contributed by atoms with E-state index in [1.54, 1.807) is 114 Å². The smallest absolute Gasteiger partial charge is 0.263 e. The second-order valence-corrected chi connectivity index (χ2v) is 34.7. The fourth-order valence-electron chi connectivity index (χ4n) is 17.7. The number of rotatable bonds is 20. The first kappa shape index (κ1) is 101. The van der Waals surface area contributed by atoms with Crippen LogP contribution in [0.2, 0.25) is 0 Å². The molecule has 32 nitrogen and oxygen atoms in total. The topological polar surface area (TPSA) is 356 Å². The van der Waals surface area contributed by atoms with E-state index in [1.165, 1.54) is 52.1 Å². The second kappa shape index (κ2) is 44.0. The van der Waals surface area contributed by atoms with Crippen LogP contribution in [0, 0.1) is 54.0 Å². The molecule has 730 valence electrons. The number of anilines is 4. The zero-order valence-electron chi connectivity index (χ0n) is 81.6. The maximum atomic E-state index is 14.2. The maximum absolute atomic E-state index is 14.2. The van der Waals surface area contributed by atoms with Gasteiger partial charge in [0, 0.05) is 145 Å². The van der Waals surface area contributed by atoms with E-state index < -0.39 is 0 Å². The normalized spacial score (nSPS) is 11.6. The lowest BCUT2D eigenvalue weighted by molar-refractivity contribution is 0.772. The van der Waals surface area contributed by atoms with Crippen LogP contribution >= 0.6 is 0 Å². The minimum Gasteiger partial charge on any atom is -0.371 e. The number of benzene rings is 8. The maximum Gasteiger partial charge on any atom is 0.263 e. The number of aromatic nitrogens is 16. The third kappa shape index (κ3) is 21.0. The molecule has 148 heavy (non-hydrogen) atoms. The van der Waals surface area contributed by atoms with Crippen molar-refractivity contribution in [2.75, 3.05) is 21.3 Å². The summed E-state index contributed by atoms with van der Waals surface area (Å²) in [5.74, 6) is 3.82. The van der Waals surface area contributed by atoms with Gasteiger partial charge in [0.05, 0.1) is 77.7 Å². The number of aromatic amines is 1. The van der Waals surface area contributed by atoms with E-state index in [2.05, 4.69) is 85.5 Å². The van der Waals surface area contributed by atoms with Gasteiger partial charge < -0.3 is 40.0 Å². The van der Waals surface area contributed by atoms with Crippen molar-refractivity contribution in [2.45, 2.75) is 87.0 Å². The first-order valence-corrected chi connectivity index (χ1v) is 46.7. The van der Waals surface area contributed by atoms with Gasteiger partial charge in [0.25, 0.3) is 33.4 Å². The summed E-state index contributed by atoms with van der Waals surface area (Å²) in [5, 5.41) is 18.4. The molecule has 0 radical (unpaired) electrons. The van der Waals surface area contributed by atoms with Crippen LogP contribution in [-0.4, -0.2) is 76.8 Å². The Kier molecular flexibility index (Phi) is 29.9. The first-order valence-electron chi connectivity index (χ1n) is 46.7. The van der Waals surface area contributed by atoms with Crippen molar-refractivity contribution in [1.82, 2.24) is 76.8 Å². The van der Waals surface area contributed by atoms with Gasteiger partial charge in [-0.3, -0.25) is 76.6 Å². The Bertz CT molecular complexity index is 9270. The van der Waals surface area contributed by atoms with Crippen LogP contribution in [0.1, 0.15) is 105 Å². The predicted octanol–water partition coefficient (Wildman–Crippen LogP) is 21.3. The lowest BCUT2D eigenvalue weighted by atomic mass is 9.98. The minimum absolute atomic E-state index is 0. The van der Waals surface area contributed by atoms with E-state index in [0.717, 1.165) is 38.4 Å². The average Bonchev–Trinajstić information content (AvgIpc) is 0.759. The summed E-state index contributed by atoms with van der Waals surface area (Å²) >= 11 is 0. The van der Waals surface area contributed by atoms with Crippen molar-refractivity contribution in [3.8, 4) is 67.5 Å². The molecule has 0 aliphatic carbocycles. The molecule has 0 saturated carbocycles. The quantitative estimate of drug-likeness (QED) is 0.0442. The van der Waals surface area contributed by atoms with Crippen molar-refractivity contribution < 1.29 is 0 Å². The van der Waals surface area contributed by atoms with Crippen molar-refractivity contribution in [1.29, 1.82) is 0 Å². The van der Waals surface area contributed by atoms with Crippen LogP contribution in [0.4, 0.5) is 46.0 Å². The van der Waals surface area contributed by atoms with Crippen molar-refractivity contribution in [3.63, 3.8) is 0 Å². The third-order valence-electron chi connectivity index (χ3n) is 24.9. The number of nitrogens with one attached hydrogen (secondary N) is 5. The molecule has 0 fully saturated rings. The van der Waals surface area contributed by atoms with Gasteiger partial charge in [-0.25, -0.2) is 39.3 Å². The molecular weight excluding hydrogens is 1860 g/mol. The Balaban J connectivity index is 0.000000140. The number of fused-ring (bicyclic) bond motifs is 4. The van der Waals surface area contributed by atoms with Gasteiger partial charge in [-0.2, -0.15) is 0 Å². The summed E-state index contributed by atoms with van der Waals surface area (Å²) in [4.78, 5) is 157. The monoisotopic (exact) mass is 1950 g/mol. The van der Waals surface area contributed by atoms with Crippen LogP contribution < -0.4 is 65.7 Å². The van der Waals surface area contributed by atoms with E-state index in [0.29, 0.717) is 164 Å². The van der Waals surface area contributed by atoms with Gasteiger partial charge in [0.1, 0.15) is 46.6 Å². The number of aryl methyl sites for hydroxylation is 6. The molecular formula is C116H98N24O8. The second-order valence-electron chi connectivity index (χ2n) is 34.7. The minimum atomic E-state index is -0.378. The molecule has 0 unspecified atom stereocenters. The van der Waals surface area contributed by atoms with Crippen LogP contribution in [0.15, 0.2) is 355 Å². The zero-order chi connectivity index (χ0) is 104. The molecule has 5 N–H and O–H groups in total. The standard InChI is InChI=1S/3C29H24N6O2.C28H22N6O2.CH4/c1-18(32-28-23(30-3)17-31-19(2)33-28)25-16-20-10-8-13-22(24-14-9-15-26(36)34(24)4)27(20)29(37)35(25)21-11-6-5-7-12-21;1-18(32-28-24(30-3)17-31-19(2)33-28)25-15-21-9-8-12-23(20-13-14-34(4)26(36)16-20)27(21)29(37)35(25)22-10-6-5-7-11-22;1-18(32-28-24(30-3)16-31-19(2)33-28)25-15-20-9-8-12-23(21-13-14-26(36)34(4)17-21)27(20)29(37)35(25)22-10-6-5-7-11-22;1-17(31-27-23(29-3)16-30-18(2)32-27)24-15-19-9-7-12-21(22-13-8-14-25(35)33-22)26(19)28(36)34(24)20-10-5-4-6-11-20;/h3*5-18H,1-2,4H3,(H,31,32,33);4-17H,1-2H3,(H,33,35)(H,30,31,32);1H4/t3*18-;17-;/m0000./s1. The van der Waals surface area contributed by atoms with Crippen molar-refractivity contribution >= 4 is 89.1 Å². The average molecular weight is 1960 g/mol. The Morgan fingerprint density at radius 1 is 0.311 bits per heavy atom. The Morgan fingerprint density at radius 2 is 0.628 bits per heavy atom. The summed E-state index contributed by atoms with van der Waals surface area (Å²) in [5.41, 5.74) is 10.9. The highest BCUT2D eigenvalue weighted by molar-refractivity contribution is 6.00. The lowest BCUT2D eigenvalue weighted by Crippen LogP contribution is -2.26. The highest BCUT2D eigenvalue weighted by Gasteiger charge is 2.28. The molecule has 0 aliphatic rings. The van der Waals surface area contributed by atoms with Gasteiger partial charge in [-0.1, -0.05) is 165 Å². The molecule has 32 heteroatoms. The van der Waals surface area contributed by atoms with Gasteiger partial charge in [0.15, 0.2) is 0 Å². The summed E-state index contributed by atoms with van der Waals surface area (Å²) < 4.78 is 11.2. The Morgan fingerprint density at radius 3 is 0.966 bits per heavy atom. The molecule has 4 atom stereocenters. The van der Waals surface area contributed by atoms with Gasteiger partial charge in [-0.15, -0.1) is 0 Å². The number of hydrogen-bond acceptors (Lipinski definition) is 20.